The molecule has 0 unspecified atom stereocenters. The number of ether oxygens (including phenoxy) is 1. The SMILES string of the molecule is Cc1c(C(=O)OCc2noc(-c3ccccc3)n2)cnc2ccnn12. The first kappa shape index (κ1) is 15.0. The van der Waals surface area contributed by atoms with Crippen LogP contribution >= 0.6 is 0 Å². The molecule has 0 radical (unpaired) electrons. The van der Waals surface area contributed by atoms with E-state index in [9.17, 15) is 4.79 Å². The van der Waals surface area contributed by atoms with Crippen molar-refractivity contribution in [2.24, 2.45) is 0 Å². The van der Waals surface area contributed by atoms with E-state index in [1.807, 2.05) is 30.3 Å². The predicted octanol–water partition coefficient (Wildman–Crippen LogP) is 2.44. The van der Waals surface area contributed by atoms with Gasteiger partial charge in [0.15, 0.2) is 12.3 Å². The smallest absolute Gasteiger partial charge is 0.342 e. The molecule has 8 heteroatoms. The second kappa shape index (κ2) is 6.16. The van der Waals surface area contributed by atoms with E-state index >= 15 is 0 Å². The molecule has 3 heterocycles. The second-order valence-corrected chi connectivity index (χ2v) is 5.32. The molecular formula is C17H13N5O3. The van der Waals surface area contributed by atoms with Gasteiger partial charge in [0.25, 0.3) is 5.89 Å². The Morgan fingerprint density at radius 3 is 2.92 bits per heavy atom. The molecule has 4 rings (SSSR count). The summed E-state index contributed by atoms with van der Waals surface area (Å²) >= 11 is 0. The molecule has 0 saturated heterocycles. The van der Waals surface area contributed by atoms with Gasteiger partial charge in [-0.3, -0.25) is 0 Å². The van der Waals surface area contributed by atoms with E-state index in [1.165, 1.54) is 6.20 Å². The number of esters is 1. The molecule has 0 N–H and O–H groups in total. The minimum atomic E-state index is -0.520. The highest BCUT2D eigenvalue weighted by Crippen LogP contribution is 2.17. The molecule has 0 saturated carbocycles. The van der Waals surface area contributed by atoms with E-state index in [-0.39, 0.29) is 12.4 Å². The van der Waals surface area contributed by atoms with Gasteiger partial charge in [0, 0.05) is 17.8 Å². The molecule has 3 aromatic heterocycles. The summed E-state index contributed by atoms with van der Waals surface area (Å²) in [5, 5.41) is 7.95. The lowest BCUT2D eigenvalue weighted by Gasteiger charge is -2.06. The van der Waals surface area contributed by atoms with Crippen LogP contribution in [0.1, 0.15) is 21.9 Å². The van der Waals surface area contributed by atoms with Crippen LogP contribution in [0.25, 0.3) is 17.1 Å². The van der Waals surface area contributed by atoms with Gasteiger partial charge in [-0.25, -0.2) is 14.3 Å². The lowest BCUT2D eigenvalue weighted by molar-refractivity contribution is 0.0457. The summed E-state index contributed by atoms with van der Waals surface area (Å²) < 4.78 is 12.0. The summed E-state index contributed by atoms with van der Waals surface area (Å²) in [5.41, 5.74) is 2.46. The van der Waals surface area contributed by atoms with E-state index in [4.69, 9.17) is 9.26 Å². The molecule has 0 fully saturated rings. The summed E-state index contributed by atoms with van der Waals surface area (Å²) in [7, 11) is 0. The number of aromatic nitrogens is 5. The summed E-state index contributed by atoms with van der Waals surface area (Å²) in [6.45, 7) is 1.69. The van der Waals surface area contributed by atoms with Gasteiger partial charge >= 0.3 is 5.97 Å². The van der Waals surface area contributed by atoms with Gasteiger partial charge in [-0.1, -0.05) is 23.4 Å². The number of benzene rings is 1. The van der Waals surface area contributed by atoms with Crippen molar-refractivity contribution < 1.29 is 14.1 Å². The molecule has 0 aliphatic carbocycles. The van der Waals surface area contributed by atoms with Gasteiger partial charge in [0.1, 0.15) is 0 Å². The molecule has 0 aliphatic rings. The zero-order valence-corrected chi connectivity index (χ0v) is 13.3. The zero-order valence-electron chi connectivity index (χ0n) is 13.3. The third-order valence-corrected chi connectivity index (χ3v) is 3.70. The summed E-state index contributed by atoms with van der Waals surface area (Å²) in [6, 6.07) is 11.1. The lowest BCUT2D eigenvalue weighted by Crippen LogP contribution is -2.11. The van der Waals surface area contributed by atoms with Gasteiger partial charge in [-0.15, -0.1) is 0 Å². The number of nitrogens with zero attached hydrogens (tertiary/aromatic N) is 5. The molecule has 8 nitrogen and oxygen atoms in total. The Hall–Kier alpha value is -3.55. The van der Waals surface area contributed by atoms with Gasteiger partial charge < -0.3 is 9.26 Å². The Morgan fingerprint density at radius 1 is 1.24 bits per heavy atom. The fourth-order valence-electron chi connectivity index (χ4n) is 2.41. The number of hydrogen-bond donors (Lipinski definition) is 0. The molecule has 1 aromatic carbocycles. The molecule has 0 aliphatic heterocycles. The molecule has 25 heavy (non-hydrogen) atoms. The fraction of sp³-hybridized carbons (Fsp3) is 0.118. The summed E-state index contributed by atoms with van der Waals surface area (Å²) in [5.74, 6) is 0.147. The van der Waals surface area contributed by atoms with E-state index in [0.717, 1.165) is 5.56 Å². The molecule has 0 spiro atoms. The Kier molecular flexibility index (Phi) is 3.70. The van der Waals surface area contributed by atoms with Gasteiger partial charge in [-0.2, -0.15) is 10.1 Å². The van der Waals surface area contributed by atoms with Crippen molar-refractivity contribution >= 4 is 11.6 Å². The van der Waals surface area contributed by atoms with Crippen molar-refractivity contribution in [2.45, 2.75) is 13.5 Å². The predicted molar refractivity (Wildman–Crippen MR) is 86.6 cm³/mol. The minimum Gasteiger partial charge on any atom is -0.454 e. The van der Waals surface area contributed by atoms with Crippen molar-refractivity contribution in [1.82, 2.24) is 24.7 Å². The fourth-order valence-corrected chi connectivity index (χ4v) is 2.41. The maximum atomic E-state index is 12.3. The van der Waals surface area contributed by atoms with Crippen LogP contribution in [0.3, 0.4) is 0 Å². The van der Waals surface area contributed by atoms with Gasteiger partial charge in [0.05, 0.1) is 17.5 Å². The van der Waals surface area contributed by atoms with Crippen LogP contribution in [0.2, 0.25) is 0 Å². The number of hydrogen-bond acceptors (Lipinski definition) is 7. The van der Waals surface area contributed by atoms with Crippen molar-refractivity contribution in [3.05, 3.63) is 65.9 Å². The first-order valence-corrected chi connectivity index (χ1v) is 7.57. The highest BCUT2D eigenvalue weighted by atomic mass is 16.5. The summed E-state index contributed by atoms with van der Waals surface area (Å²) in [4.78, 5) is 20.7. The molecule has 0 bridgehead atoms. The average Bonchev–Trinajstić information content (AvgIpc) is 3.30. The quantitative estimate of drug-likeness (QED) is 0.528. The topological polar surface area (TPSA) is 95.4 Å². The molecule has 4 aromatic rings. The van der Waals surface area contributed by atoms with E-state index in [1.54, 1.807) is 23.7 Å². The van der Waals surface area contributed by atoms with E-state index in [2.05, 4.69) is 20.2 Å². The van der Waals surface area contributed by atoms with Crippen LogP contribution in [0.4, 0.5) is 0 Å². The first-order valence-electron chi connectivity index (χ1n) is 7.57. The van der Waals surface area contributed by atoms with Crippen LogP contribution in [-0.2, 0) is 11.3 Å². The van der Waals surface area contributed by atoms with Crippen LogP contribution in [0.5, 0.6) is 0 Å². The van der Waals surface area contributed by atoms with Crippen LogP contribution < -0.4 is 0 Å². The van der Waals surface area contributed by atoms with Crippen LogP contribution in [0, 0.1) is 6.92 Å². The molecule has 0 atom stereocenters. The van der Waals surface area contributed by atoms with Crippen molar-refractivity contribution in [1.29, 1.82) is 0 Å². The minimum absolute atomic E-state index is 0.0915. The van der Waals surface area contributed by atoms with Gasteiger partial charge in [-0.05, 0) is 19.1 Å². The number of carbonyl (C=O) groups is 1. The van der Waals surface area contributed by atoms with Crippen molar-refractivity contribution in [3.8, 4) is 11.5 Å². The third-order valence-electron chi connectivity index (χ3n) is 3.70. The number of carbonyl (C=O) groups excluding carboxylic acids is 1. The largest absolute Gasteiger partial charge is 0.454 e. The average molecular weight is 335 g/mol. The summed E-state index contributed by atoms with van der Waals surface area (Å²) in [6.07, 6.45) is 3.09. The van der Waals surface area contributed by atoms with Crippen molar-refractivity contribution in [3.63, 3.8) is 0 Å². The monoisotopic (exact) mass is 335 g/mol. The van der Waals surface area contributed by atoms with Crippen molar-refractivity contribution in [2.75, 3.05) is 0 Å². The highest BCUT2D eigenvalue weighted by Gasteiger charge is 2.16. The molecule has 0 amide bonds. The van der Waals surface area contributed by atoms with E-state index < -0.39 is 5.97 Å². The highest BCUT2D eigenvalue weighted by molar-refractivity contribution is 5.90. The van der Waals surface area contributed by atoms with E-state index in [0.29, 0.717) is 22.8 Å². The lowest BCUT2D eigenvalue weighted by atomic mass is 10.2. The molecular weight excluding hydrogens is 322 g/mol. The normalized spacial score (nSPS) is 10.9. The van der Waals surface area contributed by atoms with Crippen LogP contribution in [-0.4, -0.2) is 30.7 Å². The Morgan fingerprint density at radius 2 is 2.08 bits per heavy atom. The Balaban J connectivity index is 1.48. The van der Waals surface area contributed by atoms with Gasteiger partial charge in [0.2, 0.25) is 5.82 Å². The Labute approximate surface area is 142 Å². The maximum absolute atomic E-state index is 12.3. The standard InChI is InChI=1S/C17H13N5O3/c1-11-13(9-18-15-7-8-19-22(11)15)17(23)24-10-14-20-16(25-21-14)12-5-3-2-4-6-12/h2-9H,10H2,1H3. The molecule has 124 valence electrons. The second-order valence-electron chi connectivity index (χ2n) is 5.32. The Bertz CT molecular complexity index is 1040. The number of fused-ring (bicyclic) bond motifs is 1. The zero-order chi connectivity index (χ0) is 17.2. The number of aryl methyl sites for hydroxylation is 1. The third kappa shape index (κ3) is 2.85. The van der Waals surface area contributed by atoms with Crippen LogP contribution in [0.15, 0.2) is 53.3 Å². The maximum Gasteiger partial charge on any atom is 0.342 e. The first-order chi connectivity index (χ1) is 12.2. The number of rotatable bonds is 4.